The van der Waals surface area contributed by atoms with Gasteiger partial charge in [-0.2, -0.15) is 5.10 Å². The van der Waals surface area contributed by atoms with E-state index >= 15 is 8.78 Å². The van der Waals surface area contributed by atoms with Crippen LogP contribution in [0.25, 0.3) is 27.5 Å². The molecule has 37 heavy (non-hydrogen) atoms. The fourth-order valence-electron chi connectivity index (χ4n) is 5.94. The van der Waals surface area contributed by atoms with Crippen LogP contribution < -0.4 is 0 Å². The molecule has 2 heterocycles. The third kappa shape index (κ3) is 4.00. The molecule has 0 spiro atoms. The van der Waals surface area contributed by atoms with Crippen LogP contribution in [-0.4, -0.2) is 45.2 Å². The lowest BCUT2D eigenvalue weighted by molar-refractivity contribution is -0.153. The molecule has 1 saturated carbocycles. The number of aromatic amines is 1. The van der Waals surface area contributed by atoms with E-state index in [0.717, 1.165) is 5.69 Å². The van der Waals surface area contributed by atoms with Gasteiger partial charge in [-0.3, -0.25) is 5.10 Å². The number of aromatic nitrogens is 3. The fraction of sp³-hybridized carbons (Fsp3) is 0.429. The average molecular weight is 514 g/mol. The summed E-state index contributed by atoms with van der Waals surface area (Å²) in [5.74, 6) is -2.56. The lowest BCUT2D eigenvalue weighted by atomic mass is 9.73. The van der Waals surface area contributed by atoms with Crippen LogP contribution in [0.2, 0.25) is 0 Å². The van der Waals surface area contributed by atoms with Crippen LogP contribution in [0.4, 0.5) is 13.2 Å². The van der Waals surface area contributed by atoms with Crippen molar-refractivity contribution in [3.63, 3.8) is 0 Å². The molecule has 6 nitrogen and oxygen atoms in total. The topological polar surface area (TPSA) is 80.1 Å². The van der Waals surface area contributed by atoms with Crippen molar-refractivity contribution in [2.75, 3.05) is 13.7 Å². The first kappa shape index (κ1) is 25.3. The maximum absolute atomic E-state index is 16.3. The number of nitrogens with zero attached hydrogens (tertiary/aromatic N) is 2. The van der Waals surface area contributed by atoms with Crippen molar-refractivity contribution in [2.24, 2.45) is 0 Å². The van der Waals surface area contributed by atoms with Crippen molar-refractivity contribution < 1.29 is 27.8 Å². The fourth-order valence-corrected chi connectivity index (χ4v) is 5.94. The number of carbonyl (C=O) groups is 1. The quantitative estimate of drug-likeness (QED) is 0.310. The van der Waals surface area contributed by atoms with Gasteiger partial charge in [0.25, 0.3) is 0 Å². The first-order chi connectivity index (χ1) is 17.5. The molecule has 0 aliphatic heterocycles. The first-order valence-corrected chi connectivity index (χ1v) is 12.4. The third-order valence-corrected chi connectivity index (χ3v) is 7.76. The van der Waals surface area contributed by atoms with Gasteiger partial charge in [-0.15, -0.1) is 0 Å². The Morgan fingerprint density at radius 3 is 2.59 bits per heavy atom. The molecule has 2 aromatic heterocycles. The smallest absolute Gasteiger partial charge is 0.341 e. The number of aryl methyl sites for hydroxylation is 1. The highest BCUT2D eigenvalue weighted by molar-refractivity contribution is 6.00. The first-order valence-electron chi connectivity index (χ1n) is 12.4. The van der Waals surface area contributed by atoms with Gasteiger partial charge >= 0.3 is 5.97 Å². The number of H-pyrrole nitrogens is 1. The van der Waals surface area contributed by atoms with Crippen molar-refractivity contribution in [1.29, 1.82) is 0 Å². The number of carboxylic acids is 1. The minimum atomic E-state index is -2.29. The summed E-state index contributed by atoms with van der Waals surface area (Å²) in [4.78, 5) is 11.6. The van der Waals surface area contributed by atoms with E-state index in [9.17, 15) is 14.3 Å². The summed E-state index contributed by atoms with van der Waals surface area (Å²) >= 11 is 0. The average Bonchev–Trinajstić information content (AvgIpc) is 3.45. The van der Waals surface area contributed by atoms with Gasteiger partial charge in [-0.25, -0.2) is 18.0 Å². The number of methoxy groups -OCH3 is 1. The van der Waals surface area contributed by atoms with Crippen molar-refractivity contribution in [3.05, 3.63) is 58.9 Å². The Balaban J connectivity index is 1.87. The molecule has 1 aliphatic carbocycles. The van der Waals surface area contributed by atoms with Crippen LogP contribution in [0.5, 0.6) is 0 Å². The number of alkyl halides is 1. The van der Waals surface area contributed by atoms with Crippen molar-refractivity contribution >= 4 is 27.8 Å². The Kier molecular flexibility index (Phi) is 6.09. The van der Waals surface area contributed by atoms with Crippen LogP contribution >= 0.6 is 0 Å². The number of nitrogens with one attached hydrogen (secondary N) is 1. The molecule has 0 amide bonds. The summed E-state index contributed by atoms with van der Waals surface area (Å²) in [6.45, 7) is 5.97. The van der Waals surface area contributed by atoms with Gasteiger partial charge in [-0.05, 0) is 73.9 Å². The van der Waals surface area contributed by atoms with E-state index in [1.807, 2.05) is 24.5 Å². The van der Waals surface area contributed by atoms with E-state index in [0.29, 0.717) is 39.7 Å². The second-order valence-electron chi connectivity index (χ2n) is 10.8. The summed E-state index contributed by atoms with van der Waals surface area (Å²) in [6.07, 6.45) is 1.73. The highest BCUT2D eigenvalue weighted by Crippen LogP contribution is 2.49. The van der Waals surface area contributed by atoms with Crippen molar-refractivity contribution in [1.82, 2.24) is 14.8 Å². The summed E-state index contributed by atoms with van der Waals surface area (Å²) in [7, 11) is 1.59. The molecular weight excluding hydrogens is 483 g/mol. The van der Waals surface area contributed by atoms with E-state index in [1.165, 1.54) is 6.07 Å². The Morgan fingerprint density at radius 1 is 1.27 bits per heavy atom. The van der Waals surface area contributed by atoms with E-state index in [1.54, 1.807) is 32.4 Å². The summed E-state index contributed by atoms with van der Waals surface area (Å²) in [5, 5.41) is 17.1. The van der Waals surface area contributed by atoms with E-state index in [2.05, 4.69) is 10.2 Å². The standard InChI is InChI=1S/C28H30F3N3O3/c1-15-11-18(5-6-19(15)29)34-20-12-17-13-32-33-24(17)23(30)22(20)21(25(34)27(2,3)14-37-4)16-7-9-28(31,10-8-16)26(35)36/h5-6,11-13,16H,7-10,14H2,1-4H3,(H,32,33)(H,35,36)/t16-,28+. The number of benzene rings is 2. The lowest BCUT2D eigenvalue weighted by Crippen LogP contribution is -2.38. The molecule has 0 unspecified atom stereocenters. The number of fused-ring (bicyclic) bond motifs is 2. The Bertz CT molecular complexity index is 1510. The number of rotatable bonds is 6. The molecule has 2 N–H and O–H groups in total. The predicted octanol–water partition coefficient (Wildman–Crippen LogP) is 6.47. The molecule has 5 rings (SSSR count). The Hall–Kier alpha value is -3.33. The zero-order valence-corrected chi connectivity index (χ0v) is 21.3. The molecule has 0 bridgehead atoms. The number of hydrogen-bond donors (Lipinski definition) is 2. The number of hydrogen-bond acceptors (Lipinski definition) is 3. The van der Waals surface area contributed by atoms with Gasteiger partial charge in [0.15, 0.2) is 5.82 Å². The molecule has 1 fully saturated rings. The highest BCUT2D eigenvalue weighted by Gasteiger charge is 2.45. The minimum absolute atomic E-state index is 0.159. The Morgan fingerprint density at radius 2 is 1.97 bits per heavy atom. The van der Waals surface area contributed by atoms with E-state index in [4.69, 9.17) is 4.74 Å². The largest absolute Gasteiger partial charge is 0.479 e. The molecule has 1 aliphatic rings. The number of halogens is 3. The third-order valence-electron chi connectivity index (χ3n) is 7.76. The second-order valence-corrected chi connectivity index (χ2v) is 10.8. The predicted molar refractivity (Wildman–Crippen MR) is 135 cm³/mol. The van der Waals surface area contributed by atoms with Gasteiger partial charge in [0.2, 0.25) is 5.67 Å². The maximum atomic E-state index is 16.3. The van der Waals surface area contributed by atoms with Crippen molar-refractivity contribution in [2.45, 2.75) is 63.5 Å². The highest BCUT2D eigenvalue weighted by atomic mass is 19.1. The van der Waals surface area contributed by atoms with Crippen LogP contribution in [0.1, 0.15) is 62.3 Å². The summed E-state index contributed by atoms with van der Waals surface area (Å²) in [5.41, 5.74) is 0.531. The van der Waals surface area contributed by atoms with Gasteiger partial charge in [0.1, 0.15) is 11.3 Å². The van der Waals surface area contributed by atoms with Crippen LogP contribution in [-0.2, 0) is 14.9 Å². The molecule has 0 radical (unpaired) electrons. The molecule has 9 heteroatoms. The normalized spacial score (nSPS) is 20.7. The number of ether oxygens (including phenoxy) is 1. The van der Waals surface area contributed by atoms with Crippen LogP contribution in [0.3, 0.4) is 0 Å². The number of carboxylic acid groups (broad SMARTS) is 1. The van der Waals surface area contributed by atoms with Crippen LogP contribution in [0.15, 0.2) is 30.5 Å². The zero-order chi connectivity index (χ0) is 26.7. The minimum Gasteiger partial charge on any atom is -0.479 e. The van der Waals surface area contributed by atoms with Gasteiger partial charge < -0.3 is 14.4 Å². The van der Waals surface area contributed by atoms with E-state index < -0.39 is 22.9 Å². The summed E-state index contributed by atoms with van der Waals surface area (Å²) in [6, 6.07) is 6.62. The molecule has 2 aromatic carbocycles. The number of aliphatic carboxylic acids is 1. The SMILES string of the molecule is COCC(C)(C)c1c([C@H]2CC[C@](F)(C(=O)O)CC2)c2c(F)c3[nH]ncc3cc2n1-c1ccc(F)c(C)c1. The van der Waals surface area contributed by atoms with Crippen LogP contribution in [0, 0.1) is 18.6 Å². The van der Waals surface area contributed by atoms with Gasteiger partial charge in [0.05, 0.1) is 18.3 Å². The van der Waals surface area contributed by atoms with E-state index in [-0.39, 0.29) is 42.9 Å². The van der Waals surface area contributed by atoms with Gasteiger partial charge in [-0.1, -0.05) is 13.8 Å². The monoisotopic (exact) mass is 513 g/mol. The summed E-state index contributed by atoms with van der Waals surface area (Å²) < 4.78 is 53.1. The van der Waals surface area contributed by atoms with Gasteiger partial charge in [0, 0.05) is 34.7 Å². The molecule has 4 aromatic rings. The molecule has 0 atom stereocenters. The lowest BCUT2D eigenvalue weighted by Gasteiger charge is -2.34. The zero-order valence-electron chi connectivity index (χ0n) is 21.3. The van der Waals surface area contributed by atoms with Crippen molar-refractivity contribution in [3.8, 4) is 5.69 Å². The maximum Gasteiger partial charge on any atom is 0.341 e. The second kappa shape index (κ2) is 8.90. The molecule has 0 saturated heterocycles. The molecular formula is C28H30F3N3O3. The molecule has 196 valence electrons. The Labute approximate surface area is 212 Å².